The monoisotopic (exact) mass is 417 g/mol. The second-order valence-electron chi connectivity index (χ2n) is 4.23. The lowest BCUT2D eigenvalue weighted by Gasteiger charge is -2.07. The van der Waals surface area contributed by atoms with E-state index in [-0.39, 0.29) is 11.4 Å². The molecular weight excluding hydrogens is 406 g/mol. The molecule has 2 aromatic rings. The van der Waals surface area contributed by atoms with Crippen LogP contribution in [0.15, 0.2) is 57.9 Å². The molecule has 0 radical (unpaired) electrons. The Morgan fingerprint density at radius 3 is 2.30 bits per heavy atom. The Kier molecular flexibility index (Phi) is 5.37. The normalized spacial score (nSPS) is 11.5. The topological polar surface area (TPSA) is 46.2 Å². The fourth-order valence-electron chi connectivity index (χ4n) is 1.67. The molecule has 0 spiro atoms. The molecule has 0 bridgehead atoms. The highest BCUT2D eigenvalue weighted by Gasteiger charge is 2.13. The third-order valence-corrected chi connectivity index (χ3v) is 5.30. The number of rotatable bonds is 5. The van der Waals surface area contributed by atoms with Crippen LogP contribution in [0.3, 0.4) is 0 Å². The van der Waals surface area contributed by atoms with Gasteiger partial charge < -0.3 is 0 Å². The first-order valence-corrected chi connectivity index (χ1v) is 9.30. The molecule has 0 unspecified atom stereocenters. The molecule has 0 aliphatic carbocycles. The van der Waals surface area contributed by atoms with Crippen LogP contribution in [-0.2, 0) is 21.9 Å². The van der Waals surface area contributed by atoms with Crippen molar-refractivity contribution >= 4 is 41.9 Å². The molecule has 2 aromatic carbocycles. The van der Waals surface area contributed by atoms with E-state index in [1.807, 2.05) is 24.3 Å². The van der Waals surface area contributed by atoms with Gasteiger partial charge in [-0.25, -0.2) is 13.1 Å². The number of halogens is 2. The van der Waals surface area contributed by atoms with Gasteiger partial charge in [-0.3, -0.25) is 0 Å². The molecule has 0 heterocycles. The second-order valence-corrected chi connectivity index (χ2v) is 7.48. The third kappa shape index (κ3) is 4.15. The lowest BCUT2D eigenvalue weighted by atomic mass is 10.2. The Bertz CT molecular complexity index is 685. The minimum Gasteiger partial charge on any atom is -0.207 e. The van der Waals surface area contributed by atoms with E-state index in [4.69, 9.17) is 0 Å². The van der Waals surface area contributed by atoms with Gasteiger partial charge in [0.1, 0.15) is 0 Å². The first-order valence-electron chi connectivity index (χ1n) is 5.90. The maximum atomic E-state index is 12.2. The Morgan fingerprint density at radius 2 is 1.70 bits per heavy atom. The standard InChI is InChI=1S/C14H13Br2NO2S/c15-9-11-4-6-14(7-5-11)20(18,19)17-10-12-2-1-3-13(16)8-12/h1-8,17H,9-10H2. The van der Waals surface area contributed by atoms with Crippen LogP contribution < -0.4 is 4.72 Å². The largest absolute Gasteiger partial charge is 0.240 e. The van der Waals surface area contributed by atoms with E-state index in [0.717, 1.165) is 15.6 Å². The molecule has 0 fully saturated rings. The molecule has 6 heteroatoms. The summed E-state index contributed by atoms with van der Waals surface area (Å²) in [5, 5.41) is 0.707. The van der Waals surface area contributed by atoms with Gasteiger partial charge in [0, 0.05) is 16.3 Å². The summed E-state index contributed by atoms with van der Waals surface area (Å²) < 4.78 is 27.8. The Balaban J connectivity index is 2.10. The highest BCUT2D eigenvalue weighted by Crippen LogP contribution is 2.15. The van der Waals surface area contributed by atoms with Crippen LogP contribution in [0.4, 0.5) is 0 Å². The van der Waals surface area contributed by atoms with Crippen LogP contribution in [0.25, 0.3) is 0 Å². The maximum absolute atomic E-state index is 12.2. The van der Waals surface area contributed by atoms with Gasteiger partial charge in [0.2, 0.25) is 10.0 Å². The minimum atomic E-state index is -3.48. The zero-order valence-electron chi connectivity index (χ0n) is 10.5. The van der Waals surface area contributed by atoms with Crippen molar-refractivity contribution in [3.63, 3.8) is 0 Å². The zero-order valence-corrected chi connectivity index (χ0v) is 14.5. The van der Waals surface area contributed by atoms with E-state index in [2.05, 4.69) is 36.6 Å². The van der Waals surface area contributed by atoms with E-state index in [9.17, 15) is 8.42 Å². The number of sulfonamides is 1. The summed E-state index contributed by atoms with van der Waals surface area (Å²) in [6.07, 6.45) is 0. The van der Waals surface area contributed by atoms with Crippen molar-refractivity contribution in [1.29, 1.82) is 0 Å². The number of alkyl halides is 1. The highest BCUT2D eigenvalue weighted by molar-refractivity contribution is 9.10. The van der Waals surface area contributed by atoms with Crippen molar-refractivity contribution < 1.29 is 8.42 Å². The third-order valence-electron chi connectivity index (χ3n) is 2.74. The van der Waals surface area contributed by atoms with Crippen LogP contribution >= 0.6 is 31.9 Å². The van der Waals surface area contributed by atoms with Gasteiger partial charge >= 0.3 is 0 Å². The lowest BCUT2D eigenvalue weighted by Crippen LogP contribution is -2.23. The quantitative estimate of drug-likeness (QED) is 0.750. The fraction of sp³-hybridized carbons (Fsp3) is 0.143. The smallest absolute Gasteiger partial charge is 0.207 e. The number of hydrogen-bond donors (Lipinski definition) is 1. The minimum absolute atomic E-state index is 0.266. The van der Waals surface area contributed by atoms with Crippen molar-refractivity contribution in [2.75, 3.05) is 0 Å². The van der Waals surface area contributed by atoms with Gasteiger partial charge in [0.25, 0.3) is 0 Å². The van der Waals surface area contributed by atoms with Crippen molar-refractivity contribution in [3.05, 3.63) is 64.1 Å². The lowest BCUT2D eigenvalue weighted by molar-refractivity contribution is 0.581. The molecule has 1 N–H and O–H groups in total. The summed E-state index contributed by atoms with van der Waals surface area (Å²) in [6.45, 7) is 0.266. The van der Waals surface area contributed by atoms with Gasteiger partial charge in [0.05, 0.1) is 4.90 Å². The molecule has 0 saturated heterocycles. The summed E-state index contributed by atoms with van der Waals surface area (Å²) in [5.41, 5.74) is 1.94. The van der Waals surface area contributed by atoms with Gasteiger partial charge in [-0.15, -0.1) is 0 Å². The summed E-state index contributed by atoms with van der Waals surface area (Å²) in [4.78, 5) is 0.275. The van der Waals surface area contributed by atoms with E-state index in [0.29, 0.717) is 5.33 Å². The number of hydrogen-bond acceptors (Lipinski definition) is 2. The van der Waals surface area contributed by atoms with E-state index < -0.39 is 10.0 Å². The summed E-state index contributed by atoms with van der Waals surface area (Å²) in [7, 11) is -3.48. The predicted molar refractivity (Wildman–Crippen MR) is 87.2 cm³/mol. The van der Waals surface area contributed by atoms with E-state index in [1.165, 1.54) is 0 Å². The first kappa shape index (κ1) is 15.7. The Morgan fingerprint density at radius 1 is 1.00 bits per heavy atom. The average molecular weight is 419 g/mol. The Hall–Kier alpha value is -0.690. The molecule has 106 valence electrons. The maximum Gasteiger partial charge on any atom is 0.240 e. The molecule has 2 rings (SSSR count). The van der Waals surface area contributed by atoms with E-state index >= 15 is 0 Å². The molecule has 0 aliphatic rings. The molecule has 0 amide bonds. The molecule has 3 nitrogen and oxygen atoms in total. The van der Waals surface area contributed by atoms with Crippen molar-refractivity contribution in [2.24, 2.45) is 0 Å². The molecule has 0 saturated carbocycles. The van der Waals surface area contributed by atoms with Crippen molar-refractivity contribution in [3.8, 4) is 0 Å². The number of nitrogens with one attached hydrogen (secondary N) is 1. The van der Waals surface area contributed by atoms with Gasteiger partial charge in [-0.2, -0.15) is 0 Å². The molecule has 0 atom stereocenters. The summed E-state index contributed by atoms with van der Waals surface area (Å²) in [5.74, 6) is 0. The van der Waals surface area contributed by atoms with Gasteiger partial charge in [-0.05, 0) is 35.4 Å². The number of benzene rings is 2. The van der Waals surface area contributed by atoms with E-state index in [1.54, 1.807) is 24.3 Å². The molecular formula is C14H13Br2NO2S. The molecule has 20 heavy (non-hydrogen) atoms. The van der Waals surface area contributed by atoms with Crippen molar-refractivity contribution in [1.82, 2.24) is 4.72 Å². The predicted octanol–water partition coefficient (Wildman–Crippen LogP) is 3.82. The van der Waals surface area contributed by atoms with Crippen molar-refractivity contribution in [2.45, 2.75) is 16.8 Å². The zero-order chi connectivity index (χ0) is 14.6. The SMILES string of the molecule is O=S(=O)(NCc1cccc(Br)c1)c1ccc(CBr)cc1. The molecule has 0 aromatic heterocycles. The summed E-state index contributed by atoms with van der Waals surface area (Å²) in [6, 6.07) is 14.3. The molecule has 0 aliphatic heterocycles. The highest BCUT2D eigenvalue weighted by atomic mass is 79.9. The van der Waals surface area contributed by atoms with Gasteiger partial charge in [-0.1, -0.05) is 56.1 Å². The van der Waals surface area contributed by atoms with Crippen LogP contribution in [0.5, 0.6) is 0 Å². The Labute approximate surface area is 135 Å². The average Bonchev–Trinajstić information content (AvgIpc) is 2.45. The van der Waals surface area contributed by atoms with Crippen LogP contribution in [0, 0.1) is 0 Å². The summed E-state index contributed by atoms with van der Waals surface area (Å²) >= 11 is 6.69. The van der Waals surface area contributed by atoms with Gasteiger partial charge in [0.15, 0.2) is 0 Å². The fourth-order valence-corrected chi connectivity index (χ4v) is 3.50. The van der Waals surface area contributed by atoms with Crippen LogP contribution in [0.1, 0.15) is 11.1 Å². The van der Waals surface area contributed by atoms with Crippen LogP contribution in [0.2, 0.25) is 0 Å². The second kappa shape index (κ2) is 6.85. The first-order chi connectivity index (χ1) is 9.51. The van der Waals surface area contributed by atoms with Crippen LogP contribution in [-0.4, -0.2) is 8.42 Å².